The van der Waals surface area contributed by atoms with Crippen LogP contribution in [0.5, 0.6) is 5.75 Å². The fraction of sp³-hybridized carbons (Fsp3) is 0.350. The number of carbonyl (C=O) groups excluding carboxylic acids is 1. The third kappa shape index (κ3) is 5.64. The highest BCUT2D eigenvalue weighted by Crippen LogP contribution is 2.30. The van der Waals surface area contributed by atoms with Gasteiger partial charge in [-0.2, -0.15) is 0 Å². The second kappa shape index (κ2) is 10.1. The monoisotopic (exact) mass is 442 g/mol. The molecule has 2 aromatic heterocycles. The fourth-order valence-corrected chi connectivity index (χ4v) is 4.14. The first-order valence-corrected chi connectivity index (χ1v) is 10.7. The SMILES string of the molecule is C=CCOC(=O)ON1CCC(c2nc(COc3ccc(-n4cnnn4)cc3)cs2)CC1. The van der Waals surface area contributed by atoms with Gasteiger partial charge in [0.25, 0.3) is 0 Å². The molecule has 0 atom stereocenters. The molecule has 1 aliphatic rings. The topological polar surface area (TPSA) is 104 Å². The van der Waals surface area contributed by atoms with Gasteiger partial charge in [-0.3, -0.25) is 0 Å². The van der Waals surface area contributed by atoms with Crippen LogP contribution in [0.15, 0.2) is 48.6 Å². The molecule has 0 aliphatic carbocycles. The molecule has 3 aromatic rings. The third-order valence-electron chi connectivity index (χ3n) is 4.73. The summed E-state index contributed by atoms with van der Waals surface area (Å²) in [6.45, 7) is 5.33. The zero-order valence-corrected chi connectivity index (χ0v) is 17.6. The van der Waals surface area contributed by atoms with Crippen molar-refractivity contribution < 1.29 is 19.1 Å². The summed E-state index contributed by atoms with van der Waals surface area (Å²) >= 11 is 1.64. The number of rotatable bonds is 8. The summed E-state index contributed by atoms with van der Waals surface area (Å²) in [5.41, 5.74) is 1.76. The van der Waals surface area contributed by atoms with E-state index >= 15 is 0 Å². The number of piperidine rings is 1. The lowest BCUT2D eigenvalue weighted by molar-refractivity contribution is -0.137. The molecule has 0 amide bonds. The fourth-order valence-electron chi connectivity index (χ4n) is 3.16. The number of aromatic nitrogens is 5. The van der Waals surface area contributed by atoms with E-state index in [4.69, 9.17) is 19.3 Å². The van der Waals surface area contributed by atoms with Crippen LogP contribution in [0.2, 0.25) is 0 Å². The lowest BCUT2D eigenvalue weighted by atomic mass is 9.99. The van der Waals surface area contributed by atoms with Crippen LogP contribution in [0.25, 0.3) is 5.69 Å². The van der Waals surface area contributed by atoms with Crippen LogP contribution < -0.4 is 4.74 Å². The van der Waals surface area contributed by atoms with Gasteiger partial charge in [0.2, 0.25) is 0 Å². The normalized spacial score (nSPS) is 14.8. The minimum Gasteiger partial charge on any atom is -0.487 e. The number of ether oxygens (including phenoxy) is 2. The van der Waals surface area contributed by atoms with E-state index in [1.54, 1.807) is 21.1 Å². The molecule has 0 unspecified atom stereocenters. The highest BCUT2D eigenvalue weighted by atomic mass is 32.1. The van der Waals surface area contributed by atoms with Crippen LogP contribution >= 0.6 is 11.3 Å². The van der Waals surface area contributed by atoms with Crippen LogP contribution in [0.3, 0.4) is 0 Å². The minimum atomic E-state index is -0.696. The number of benzene rings is 1. The van der Waals surface area contributed by atoms with Crippen molar-refractivity contribution in [2.24, 2.45) is 0 Å². The Morgan fingerprint density at radius 2 is 2.06 bits per heavy atom. The predicted octanol–water partition coefficient (Wildman–Crippen LogP) is 3.13. The van der Waals surface area contributed by atoms with E-state index in [2.05, 4.69) is 22.1 Å². The zero-order chi connectivity index (χ0) is 21.5. The van der Waals surface area contributed by atoms with Gasteiger partial charge in [-0.25, -0.2) is 14.5 Å². The van der Waals surface area contributed by atoms with Crippen molar-refractivity contribution in [1.29, 1.82) is 0 Å². The van der Waals surface area contributed by atoms with Crippen molar-refractivity contribution in [2.75, 3.05) is 19.7 Å². The van der Waals surface area contributed by atoms with Gasteiger partial charge in [-0.1, -0.05) is 12.7 Å². The number of tetrazole rings is 1. The van der Waals surface area contributed by atoms with Crippen molar-refractivity contribution in [3.05, 3.63) is 59.3 Å². The largest absolute Gasteiger partial charge is 0.528 e. The summed E-state index contributed by atoms with van der Waals surface area (Å²) in [6, 6.07) is 7.53. The standard InChI is InChI=1S/C20H22N6O4S/c1-2-11-28-20(27)30-25-9-7-15(8-10-25)19-22-16(13-31-19)12-29-18-5-3-17(4-6-18)26-14-21-23-24-26/h2-6,13-15H,1,7-12H2. The van der Waals surface area contributed by atoms with Crippen molar-refractivity contribution in [2.45, 2.75) is 25.4 Å². The Bertz CT molecular complexity index is 984. The Morgan fingerprint density at radius 1 is 1.26 bits per heavy atom. The Kier molecular flexibility index (Phi) is 6.85. The van der Waals surface area contributed by atoms with Crippen LogP contribution in [0.1, 0.15) is 29.5 Å². The molecule has 31 heavy (non-hydrogen) atoms. The van der Waals surface area contributed by atoms with Gasteiger partial charge in [0.05, 0.1) is 16.4 Å². The number of hydroxylamine groups is 2. The highest BCUT2D eigenvalue weighted by Gasteiger charge is 2.25. The number of hydrogen-bond donors (Lipinski definition) is 0. The third-order valence-corrected chi connectivity index (χ3v) is 5.79. The highest BCUT2D eigenvalue weighted by molar-refractivity contribution is 7.09. The summed E-state index contributed by atoms with van der Waals surface area (Å²) in [6.07, 6.45) is 4.07. The average molecular weight is 443 g/mol. The second-order valence-electron chi connectivity index (χ2n) is 6.86. The molecule has 1 saturated heterocycles. The average Bonchev–Trinajstić information content (AvgIpc) is 3.50. The number of thiazole rings is 1. The van der Waals surface area contributed by atoms with Crippen LogP contribution in [0.4, 0.5) is 4.79 Å². The van der Waals surface area contributed by atoms with E-state index in [0.29, 0.717) is 25.6 Å². The van der Waals surface area contributed by atoms with Gasteiger partial charge in [0.15, 0.2) is 0 Å². The molecule has 0 saturated carbocycles. The van der Waals surface area contributed by atoms with Crippen LogP contribution in [-0.4, -0.2) is 56.1 Å². The molecular formula is C20H22N6O4S. The second-order valence-corrected chi connectivity index (χ2v) is 7.75. The lowest BCUT2D eigenvalue weighted by Gasteiger charge is -2.28. The first-order valence-electron chi connectivity index (χ1n) is 9.82. The minimum absolute atomic E-state index is 0.142. The smallest absolute Gasteiger partial charge is 0.487 e. The van der Waals surface area contributed by atoms with Crippen LogP contribution in [0, 0.1) is 0 Å². The quantitative estimate of drug-likeness (QED) is 0.384. The van der Waals surface area contributed by atoms with Crippen molar-refractivity contribution in [1.82, 2.24) is 30.3 Å². The number of nitrogens with zero attached hydrogens (tertiary/aromatic N) is 6. The Labute approximate surface area is 183 Å². The summed E-state index contributed by atoms with van der Waals surface area (Å²) in [5, 5.41) is 15.9. The summed E-state index contributed by atoms with van der Waals surface area (Å²) in [4.78, 5) is 21.4. The summed E-state index contributed by atoms with van der Waals surface area (Å²) in [7, 11) is 0. The van der Waals surface area contributed by atoms with Gasteiger partial charge in [0, 0.05) is 24.4 Å². The predicted molar refractivity (Wildman–Crippen MR) is 112 cm³/mol. The molecule has 1 aromatic carbocycles. The Balaban J connectivity index is 1.23. The lowest BCUT2D eigenvalue weighted by Crippen LogP contribution is -2.35. The van der Waals surface area contributed by atoms with Gasteiger partial charge in [0.1, 0.15) is 25.3 Å². The molecule has 11 heteroatoms. The molecule has 3 heterocycles. The maximum Gasteiger partial charge on any atom is 0.528 e. The molecule has 1 aliphatic heterocycles. The molecule has 1 fully saturated rings. The molecule has 10 nitrogen and oxygen atoms in total. The first-order chi connectivity index (χ1) is 15.2. The molecule has 0 radical (unpaired) electrons. The zero-order valence-electron chi connectivity index (χ0n) is 16.8. The Morgan fingerprint density at radius 3 is 2.77 bits per heavy atom. The first kappa shape index (κ1) is 20.9. The maximum atomic E-state index is 11.5. The summed E-state index contributed by atoms with van der Waals surface area (Å²) in [5.74, 6) is 1.10. The van der Waals surface area contributed by atoms with Crippen molar-refractivity contribution >= 4 is 17.5 Å². The molecule has 162 valence electrons. The Hall–Kier alpha value is -3.31. The molecule has 0 N–H and O–H groups in total. The molecule has 0 bridgehead atoms. The van der Waals surface area contributed by atoms with Gasteiger partial charge >= 0.3 is 6.16 Å². The van der Waals surface area contributed by atoms with Crippen molar-refractivity contribution in [3.8, 4) is 11.4 Å². The van der Waals surface area contributed by atoms with E-state index in [0.717, 1.165) is 35.0 Å². The molecule has 0 spiro atoms. The van der Waals surface area contributed by atoms with E-state index in [1.165, 1.54) is 12.4 Å². The van der Waals surface area contributed by atoms with E-state index in [9.17, 15) is 4.79 Å². The van der Waals surface area contributed by atoms with E-state index < -0.39 is 6.16 Å². The molecule has 4 rings (SSSR count). The summed E-state index contributed by atoms with van der Waals surface area (Å²) < 4.78 is 12.3. The number of hydrogen-bond acceptors (Lipinski definition) is 10. The van der Waals surface area contributed by atoms with Crippen LogP contribution in [-0.2, 0) is 16.2 Å². The van der Waals surface area contributed by atoms with Crippen molar-refractivity contribution in [3.63, 3.8) is 0 Å². The van der Waals surface area contributed by atoms with Gasteiger partial charge in [-0.15, -0.1) is 21.5 Å². The van der Waals surface area contributed by atoms with Gasteiger partial charge < -0.3 is 14.3 Å². The number of carbonyl (C=O) groups is 1. The maximum absolute atomic E-state index is 11.5. The van der Waals surface area contributed by atoms with Gasteiger partial charge in [-0.05, 0) is 47.5 Å². The van der Waals surface area contributed by atoms with E-state index in [1.807, 2.05) is 29.6 Å². The molecular weight excluding hydrogens is 420 g/mol. The van der Waals surface area contributed by atoms with E-state index in [-0.39, 0.29) is 6.61 Å².